The molecule has 0 amide bonds. The van der Waals surface area contributed by atoms with Gasteiger partial charge in [0.15, 0.2) is 0 Å². The summed E-state index contributed by atoms with van der Waals surface area (Å²) in [5.41, 5.74) is 23.3. The van der Waals surface area contributed by atoms with Crippen molar-refractivity contribution in [3.63, 3.8) is 0 Å². The van der Waals surface area contributed by atoms with Gasteiger partial charge in [-0.1, -0.05) is 249 Å². The molecule has 1 heterocycles. The van der Waals surface area contributed by atoms with Gasteiger partial charge in [0, 0.05) is 33.4 Å². The normalized spacial score (nSPS) is 13.5. The summed E-state index contributed by atoms with van der Waals surface area (Å²) in [6.07, 6.45) is 0. The molecule has 0 unspecified atom stereocenters. The largest absolute Gasteiger partial charge is 0.310 e. The first-order chi connectivity index (χ1) is 37.7. The van der Waals surface area contributed by atoms with Crippen LogP contribution in [0.2, 0.25) is 0 Å². The molecule has 0 saturated carbocycles. The molecule has 12 aromatic carbocycles. The van der Waals surface area contributed by atoms with Gasteiger partial charge >= 0.3 is 0 Å². The van der Waals surface area contributed by atoms with Gasteiger partial charge in [-0.25, -0.2) is 0 Å². The first-order valence-corrected chi connectivity index (χ1v) is 26.4. The smallest absolute Gasteiger partial charge is 0.0714 e. The highest BCUT2D eigenvalue weighted by molar-refractivity contribution is 6.09. The Balaban J connectivity index is 0.929. The molecule has 1 aromatic heterocycles. The van der Waals surface area contributed by atoms with Crippen LogP contribution in [0.25, 0.3) is 60.9 Å². The van der Waals surface area contributed by atoms with Crippen LogP contribution in [0.3, 0.4) is 0 Å². The van der Waals surface area contributed by atoms with Gasteiger partial charge in [-0.3, -0.25) is 0 Å². The van der Waals surface area contributed by atoms with Crippen LogP contribution in [0.1, 0.15) is 44.5 Å². The lowest BCUT2D eigenvalue weighted by atomic mass is 9.67. The Morgan fingerprint density at radius 3 is 1.24 bits per heavy atom. The molecule has 2 aliphatic carbocycles. The molecule has 0 aliphatic heterocycles. The summed E-state index contributed by atoms with van der Waals surface area (Å²) < 4.78 is 2.40. The second kappa shape index (κ2) is 17.4. The van der Waals surface area contributed by atoms with Crippen molar-refractivity contribution < 1.29 is 0 Å². The number of para-hydroxylation sites is 2. The Labute approximate surface area is 443 Å². The lowest BCUT2D eigenvalue weighted by Gasteiger charge is -2.35. The highest BCUT2D eigenvalue weighted by atomic mass is 15.1. The van der Waals surface area contributed by atoms with Gasteiger partial charge in [0.2, 0.25) is 0 Å². The molecular weight excluding hydrogens is 917 g/mol. The highest BCUT2D eigenvalue weighted by Crippen LogP contribution is 2.60. The summed E-state index contributed by atoms with van der Waals surface area (Å²) in [7, 11) is 0. The first-order valence-electron chi connectivity index (χ1n) is 26.4. The number of benzene rings is 12. The van der Waals surface area contributed by atoms with Crippen molar-refractivity contribution in [3.05, 3.63) is 348 Å². The molecule has 0 radical (unpaired) electrons. The van der Waals surface area contributed by atoms with Crippen molar-refractivity contribution in [2.75, 3.05) is 4.90 Å². The molecule has 13 aromatic rings. The molecule has 2 heteroatoms. The van der Waals surface area contributed by atoms with Gasteiger partial charge in [0.25, 0.3) is 0 Å². The van der Waals surface area contributed by atoms with Crippen molar-refractivity contribution in [1.82, 2.24) is 4.57 Å². The SMILES string of the molecule is c1ccc(C2(c3ccc(N(c4ccc(-c5cccc(-n6c7ccccc7c7ccccc76)c5)cc4)c4cccc5c4-c4ccccc4C5(c4ccccc4)c4ccccc4)cc3)c3ccccc3-c3ccccc32)cc1. The second-order valence-corrected chi connectivity index (χ2v) is 20.3. The van der Waals surface area contributed by atoms with E-state index in [1.54, 1.807) is 0 Å². The molecule has 356 valence electrons. The number of fused-ring (bicyclic) bond motifs is 9. The van der Waals surface area contributed by atoms with Gasteiger partial charge in [0.05, 0.1) is 27.6 Å². The average Bonchev–Trinajstić information content (AvgIpc) is 4.32. The molecule has 2 nitrogen and oxygen atoms in total. The Hall–Kier alpha value is -9.76. The van der Waals surface area contributed by atoms with E-state index in [4.69, 9.17) is 0 Å². The zero-order chi connectivity index (χ0) is 50.2. The molecular formula is C74H50N2. The molecule has 0 bridgehead atoms. The van der Waals surface area contributed by atoms with E-state index >= 15 is 0 Å². The van der Waals surface area contributed by atoms with Gasteiger partial charge in [-0.15, -0.1) is 0 Å². The zero-order valence-corrected chi connectivity index (χ0v) is 41.8. The van der Waals surface area contributed by atoms with Crippen molar-refractivity contribution in [3.8, 4) is 39.1 Å². The minimum atomic E-state index is -0.545. The van der Waals surface area contributed by atoms with Crippen LogP contribution in [0.4, 0.5) is 17.1 Å². The minimum absolute atomic E-state index is 0.509. The van der Waals surface area contributed by atoms with Gasteiger partial charge in [0.1, 0.15) is 0 Å². The standard InChI is InChI=1S/C74H50N2/c1-4-23-53(24-5-1)73(65-35-15-10-30-60(65)61-31-11-16-36-66(61)73)56-44-48-58(49-45-56)75(57-46-42-51(43-47-57)52-22-20-29-59(50-52)76-69-39-18-13-32-62(69)63-33-14-19-40-70(63)76)71-41-21-38-68-72(71)64-34-12-17-37-67(64)74(68,54-25-6-2-7-26-54)55-27-8-3-9-28-55/h1-50H. The number of hydrogen-bond acceptors (Lipinski definition) is 1. The van der Waals surface area contributed by atoms with E-state index in [1.807, 2.05) is 0 Å². The number of anilines is 3. The Morgan fingerprint density at radius 1 is 0.276 bits per heavy atom. The fourth-order valence-corrected chi connectivity index (χ4v) is 13.5. The summed E-state index contributed by atoms with van der Waals surface area (Å²) in [6, 6.07) is 112. The van der Waals surface area contributed by atoms with Crippen LogP contribution in [-0.4, -0.2) is 4.57 Å². The van der Waals surface area contributed by atoms with E-state index < -0.39 is 10.8 Å². The predicted octanol–water partition coefficient (Wildman–Crippen LogP) is 18.6. The molecule has 15 rings (SSSR count). The van der Waals surface area contributed by atoms with Crippen LogP contribution in [-0.2, 0) is 10.8 Å². The van der Waals surface area contributed by atoms with Gasteiger partial charge in [-0.05, 0) is 127 Å². The molecule has 0 spiro atoms. The number of rotatable bonds is 9. The van der Waals surface area contributed by atoms with E-state index in [0.717, 1.165) is 33.9 Å². The van der Waals surface area contributed by atoms with E-state index in [1.165, 1.54) is 88.6 Å². The maximum Gasteiger partial charge on any atom is 0.0714 e. The van der Waals surface area contributed by atoms with E-state index in [9.17, 15) is 0 Å². The van der Waals surface area contributed by atoms with Crippen molar-refractivity contribution in [2.24, 2.45) is 0 Å². The molecule has 0 fully saturated rings. The fraction of sp³-hybridized carbons (Fsp3) is 0.0270. The van der Waals surface area contributed by atoms with E-state index in [2.05, 4.69) is 313 Å². The van der Waals surface area contributed by atoms with Crippen molar-refractivity contribution in [1.29, 1.82) is 0 Å². The highest BCUT2D eigenvalue weighted by Gasteiger charge is 2.48. The zero-order valence-electron chi connectivity index (χ0n) is 41.8. The molecule has 76 heavy (non-hydrogen) atoms. The maximum absolute atomic E-state index is 2.50. The number of nitrogens with zero attached hydrogens (tertiary/aromatic N) is 2. The Morgan fingerprint density at radius 2 is 0.684 bits per heavy atom. The molecule has 0 N–H and O–H groups in total. The molecule has 0 atom stereocenters. The second-order valence-electron chi connectivity index (χ2n) is 20.3. The molecule has 2 aliphatic rings. The Kier molecular flexibility index (Phi) is 10.0. The van der Waals surface area contributed by atoms with Crippen LogP contribution in [0, 0.1) is 0 Å². The topological polar surface area (TPSA) is 8.17 Å². The van der Waals surface area contributed by atoms with E-state index in [-0.39, 0.29) is 0 Å². The minimum Gasteiger partial charge on any atom is -0.310 e. The fourth-order valence-electron chi connectivity index (χ4n) is 13.5. The first kappa shape index (κ1) is 43.8. The van der Waals surface area contributed by atoms with Gasteiger partial charge in [-0.2, -0.15) is 0 Å². The number of hydrogen-bond donors (Lipinski definition) is 0. The van der Waals surface area contributed by atoms with Crippen LogP contribution in [0.15, 0.2) is 303 Å². The van der Waals surface area contributed by atoms with Crippen molar-refractivity contribution >= 4 is 38.9 Å². The summed E-state index contributed by atoms with van der Waals surface area (Å²) in [5.74, 6) is 0. The van der Waals surface area contributed by atoms with E-state index in [0.29, 0.717) is 0 Å². The van der Waals surface area contributed by atoms with Crippen LogP contribution in [0.5, 0.6) is 0 Å². The third-order valence-corrected chi connectivity index (χ3v) is 16.6. The summed E-state index contributed by atoms with van der Waals surface area (Å²) in [6.45, 7) is 0. The van der Waals surface area contributed by atoms with Crippen LogP contribution >= 0.6 is 0 Å². The monoisotopic (exact) mass is 966 g/mol. The molecule has 0 saturated heterocycles. The summed E-state index contributed by atoms with van der Waals surface area (Å²) >= 11 is 0. The third-order valence-electron chi connectivity index (χ3n) is 16.6. The summed E-state index contributed by atoms with van der Waals surface area (Å²) in [4.78, 5) is 2.50. The third kappa shape index (κ3) is 6.34. The lowest BCUT2D eigenvalue weighted by molar-refractivity contribution is 0.768. The summed E-state index contributed by atoms with van der Waals surface area (Å²) in [5, 5.41) is 2.52. The predicted molar refractivity (Wildman–Crippen MR) is 316 cm³/mol. The van der Waals surface area contributed by atoms with Gasteiger partial charge < -0.3 is 9.47 Å². The van der Waals surface area contributed by atoms with Crippen molar-refractivity contribution in [2.45, 2.75) is 10.8 Å². The average molecular weight is 967 g/mol. The Bertz CT molecular complexity index is 4180. The number of aromatic nitrogens is 1. The van der Waals surface area contributed by atoms with Crippen LogP contribution < -0.4 is 4.90 Å². The maximum atomic E-state index is 2.50. The quantitative estimate of drug-likeness (QED) is 0.140. The lowest BCUT2D eigenvalue weighted by Crippen LogP contribution is -2.28.